The number of hydrogen-bond acceptors (Lipinski definition) is 2. The number of Topliss-reactive ketones (excluding diaryl/α,β-unsaturated/α-hetero) is 1. The zero-order chi connectivity index (χ0) is 16.4. The zero-order valence-electron chi connectivity index (χ0n) is 13.1. The summed E-state index contributed by atoms with van der Waals surface area (Å²) in [7, 11) is 0. The van der Waals surface area contributed by atoms with Crippen LogP contribution in [0.25, 0.3) is 5.57 Å². The summed E-state index contributed by atoms with van der Waals surface area (Å²) in [4.78, 5) is 23.4. The van der Waals surface area contributed by atoms with Crippen molar-refractivity contribution in [2.75, 3.05) is 0 Å². The number of carboxylic acids is 1. The van der Waals surface area contributed by atoms with Gasteiger partial charge in [-0.2, -0.15) is 0 Å². The zero-order valence-corrected chi connectivity index (χ0v) is 13.1. The number of aryl methyl sites for hydroxylation is 1. The molecule has 1 unspecified atom stereocenters. The minimum atomic E-state index is -0.826. The van der Waals surface area contributed by atoms with Crippen molar-refractivity contribution in [1.82, 2.24) is 0 Å². The molecule has 0 amide bonds. The number of benzene rings is 1. The number of carbonyl (C=O) groups is 2. The summed E-state index contributed by atoms with van der Waals surface area (Å²) < 4.78 is 0. The van der Waals surface area contributed by atoms with Crippen LogP contribution in [0.3, 0.4) is 0 Å². The molecule has 1 aromatic carbocycles. The Morgan fingerprint density at radius 1 is 1.27 bits per heavy atom. The van der Waals surface area contributed by atoms with Crippen molar-refractivity contribution in [3.05, 3.63) is 64.8 Å². The lowest BCUT2D eigenvalue weighted by Gasteiger charge is -2.20. The van der Waals surface area contributed by atoms with Gasteiger partial charge in [0.1, 0.15) is 0 Å². The molecule has 3 nitrogen and oxygen atoms in total. The average Bonchev–Trinajstić information content (AvgIpc) is 2.47. The van der Waals surface area contributed by atoms with Crippen LogP contribution >= 0.6 is 0 Å². The van der Waals surface area contributed by atoms with Crippen LogP contribution in [-0.2, 0) is 4.79 Å². The minimum Gasteiger partial charge on any atom is -0.481 e. The average molecular weight is 296 g/mol. The second-order valence-electron chi connectivity index (χ2n) is 5.81. The van der Waals surface area contributed by atoms with Crippen molar-refractivity contribution in [3.8, 4) is 0 Å². The first kappa shape index (κ1) is 16.0. The summed E-state index contributed by atoms with van der Waals surface area (Å²) >= 11 is 0. The van der Waals surface area contributed by atoms with Crippen molar-refractivity contribution < 1.29 is 14.7 Å². The van der Waals surface area contributed by atoms with E-state index >= 15 is 0 Å². The monoisotopic (exact) mass is 296 g/mol. The molecule has 3 heteroatoms. The molecule has 1 N–H and O–H groups in total. The molecule has 0 radical (unpaired) electrons. The fourth-order valence-corrected chi connectivity index (χ4v) is 2.64. The summed E-state index contributed by atoms with van der Waals surface area (Å²) in [6.07, 6.45) is 4.02. The second-order valence-corrected chi connectivity index (χ2v) is 5.81. The number of carbonyl (C=O) groups excluding carboxylic acids is 1. The van der Waals surface area contributed by atoms with Gasteiger partial charge < -0.3 is 5.11 Å². The molecule has 0 aliphatic heterocycles. The molecule has 0 bridgehead atoms. The van der Waals surface area contributed by atoms with E-state index in [2.05, 4.69) is 6.58 Å². The third kappa shape index (κ3) is 3.08. The van der Waals surface area contributed by atoms with Crippen LogP contribution in [-0.4, -0.2) is 16.9 Å². The Morgan fingerprint density at radius 3 is 2.55 bits per heavy atom. The van der Waals surface area contributed by atoms with E-state index in [1.165, 1.54) is 0 Å². The predicted molar refractivity (Wildman–Crippen MR) is 87.8 cm³/mol. The number of hydrogen-bond donors (Lipinski definition) is 1. The minimum absolute atomic E-state index is 0.0827. The topological polar surface area (TPSA) is 54.4 Å². The molecule has 0 fully saturated rings. The van der Waals surface area contributed by atoms with E-state index in [1.807, 2.05) is 32.1 Å². The summed E-state index contributed by atoms with van der Waals surface area (Å²) in [6, 6.07) is 5.54. The van der Waals surface area contributed by atoms with E-state index in [4.69, 9.17) is 0 Å². The fourth-order valence-electron chi connectivity index (χ4n) is 2.64. The van der Waals surface area contributed by atoms with E-state index in [0.29, 0.717) is 17.6 Å². The molecule has 0 heterocycles. The molecule has 0 aromatic heterocycles. The van der Waals surface area contributed by atoms with E-state index < -0.39 is 11.9 Å². The van der Waals surface area contributed by atoms with Crippen molar-refractivity contribution >= 4 is 17.3 Å². The van der Waals surface area contributed by atoms with Gasteiger partial charge in [-0.25, -0.2) is 0 Å². The lowest BCUT2D eigenvalue weighted by Crippen LogP contribution is -2.15. The van der Waals surface area contributed by atoms with Gasteiger partial charge in [0.15, 0.2) is 5.78 Å². The predicted octanol–water partition coefficient (Wildman–Crippen LogP) is 4.19. The van der Waals surface area contributed by atoms with E-state index in [0.717, 1.165) is 22.3 Å². The lowest BCUT2D eigenvalue weighted by molar-refractivity contribution is -0.139. The Labute approximate surface area is 130 Å². The van der Waals surface area contributed by atoms with E-state index in [-0.39, 0.29) is 5.78 Å². The number of aliphatic carboxylic acids is 1. The Bertz CT molecular complexity index is 720. The third-order valence-corrected chi connectivity index (χ3v) is 4.01. The smallest absolute Gasteiger partial charge is 0.310 e. The van der Waals surface area contributed by atoms with Gasteiger partial charge in [-0.1, -0.05) is 30.9 Å². The molecular weight excluding hydrogens is 276 g/mol. The molecule has 114 valence electrons. The summed E-state index contributed by atoms with van der Waals surface area (Å²) in [5.41, 5.74) is 5.10. The van der Waals surface area contributed by atoms with Gasteiger partial charge in [0, 0.05) is 5.56 Å². The van der Waals surface area contributed by atoms with Crippen LogP contribution in [0.1, 0.15) is 41.8 Å². The highest BCUT2D eigenvalue weighted by molar-refractivity contribution is 6.08. The molecule has 1 atom stereocenters. The van der Waals surface area contributed by atoms with Crippen molar-refractivity contribution in [2.45, 2.75) is 27.2 Å². The van der Waals surface area contributed by atoms with Gasteiger partial charge in [-0.3, -0.25) is 9.59 Å². The van der Waals surface area contributed by atoms with Crippen LogP contribution in [0.2, 0.25) is 0 Å². The van der Waals surface area contributed by atoms with Crippen LogP contribution < -0.4 is 0 Å². The van der Waals surface area contributed by atoms with Crippen LogP contribution in [0.15, 0.2) is 48.1 Å². The normalized spacial score (nSPS) is 17.5. The number of allylic oxidation sites excluding steroid dienone is 4. The third-order valence-electron chi connectivity index (χ3n) is 4.01. The molecular formula is C19H20O3. The highest BCUT2D eigenvalue weighted by atomic mass is 16.4. The Kier molecular flexibility index (Phi) is 4.45. The summed E-state index contributed by atoms with van der Waals surface area (Å²) in [6.45, 7) is 9.33. The first-order valence-corrected chi connectivity index (χ1v) is 7.23. The van der Waals surface area contributed by atoms with Gasteiger partial charge >= 0.3 is 5.97 Å². The maximum Gasteiger partial charge on any atom is 0.310 e. The van der Waals surface area contributed by atoms with Crippen molar-refractivity contribution in [1.29, 1.82) is 0 Å². The highest BCUT2D eigenvalue weighted by Gasteiger charge is 2.23. The van der Waals surface area contributed by atoms with Gasteiger partial charge in [0.25, 0.3) is 0 Å². The van der Waals surface area contributed by atoms with Crippen LogP contribution in [0.5, 0.6) is 0 Å². The van der Waals surface area contributed by atoms with E-state index in [9.17, 15) is 14.7 Å². The van der Waals surface area contributed by atoms with Crippen molar-refractivity contribution in [2.24, 2.45) is 5.92 Å². The number of carboxylic acid groups (broad SMARTS) is 1. The molecule has 22 heavy (non-hydrogen) atoms. The van der Waals surface area contributed by atoms with Gasteiger partial charge in [0.2, 0.25) is 0 Å². The maximum absolute atomic E-state index is 12.1. The molecule has 0 saturated carbocycles. The standard InChI is InChI=1S/C19H20O3/c1-11(2)18(20)14-7-5-12(3)16(9-14)17-10-15(19(21)22)8-6-13(17)4/h5-9,15H,1,10H2,2-4H3,(H,21,22). The summed E-state index contributed by atoms with van der Waals surface area (Å²) in [5, 5.41) is 9.23. The lowest BCUT2D eigenvalue weighted by atomic mass is 9.83. The first-order valence-electron chi connectivity index (χ1n) is 7.23. The van der Waals surface area contributed by atoms with Crippen molar-refractivity contribution in [3.63, 3.8) is 0 Å². The maximum atomic E-state index is 12.1. The fraction of sp³-hybridized carbons (Fsp3) is 0.263. The van der Waals surface area contributed by atoms with Crippen LogP contribution in [0, 0.1) is 12.8 Å². The Morgan fingerprint density at radius 2 is 1.95 bits per heavy atom. The molecule has 2 rings (SSSR count). The van der Waals surface area contributed by atoms with Gasteiger partial charge in [0.05, 0.1) is 5.92 Å². The molecule has 1 aliphatic rings. The number of ketones is 1. The largest absolute Gasteiger partial charge is 0.481 e. The molecule has 0 spiro atoms. The quantitative estimate of drug-likeness (QED) is 0.669. The van der Waals surface area contributed by atoms with E-state index in [1.54, 1.807) is 19.1 Å². The Balaban J connectivity index is 2.49. The molecule has 0 saturated heterocycles. The Hall–Kier alpha value is -2.42. The SMILES string of the molecule is C=C(C)C(=O)c1ccc(C)c(C2=C(C)C=CC(C(=O)O)C2)c1. The highest BCUT2D eigenvalue weighted by Crippen LogP contribution is 2.34. The van der Waals surface area contributed by atoms with Gasteiger partial charge in [-0.15, -0.1) is 0 Å². The van der Waals surface area contributed by atoms with Gasteiger partial charge in [-0.05, 0) is 61.1 Å². The summed E-state index contributed by atoms with van der Waals surface area (Å²) in [5.74, 6) is -1.42. The molecule has 1 aromatic rings. The first-order chi connectivity index (χ1) is 10.3. The molecule has 1 aliphatic carbocycles. The second kappa shape index (κ2) is 6.14. The van der Waals surface area contributed by atoms with Crippen LogP contribution in [0.4, 0.5) is 0 Å². The number of rotatable bonds is 4.